The molecule has 1 saturated carbocycles. The Morgan fingerprint density at radius 2 is 1.89 bits per heavy atom. The number of rotatable bonds is 4. The van der Waals surface area contributed by atoms with Gasteiger partial charge >= 0.3 is 6.18 Å². The van der Waals surface area contributed by atoms with Gasteiger partial charge < -0.3 is 20.2 Å². The van der Waals surface area contributed by atoms with Crippen LogP contribution in [0.2, 0.25) is 0 Å². The topological polar surface area (TPSA) is 82.7 Å². The van der Waals surface area contributed by atoms with Crippen molar-refractivity contribution >= 4 is 29.3 Å². The van der Waals surface area contributed by atoms with Crippen molar-refractivity contribution in [2.45, 2.75) is 51.9 Å². The first-order valence-corrected chi connectivity index (χ1v) is 14.4. The van der Waals surface area contributed by atoms with E-state index in [4.69, 9.17) is 0 Å². The molecule has 1 spiro atoms. The Morgan fingerprint density at radius 1 is 1.17 bits per heavy atom. The van der Waals surface area contributed by atoms with E-state index in [-0.39, 0.29) is 28.5 Å². The fraction of sp³-hybridized carbons (Fsp3) is 0.520. The van der Waals surface area contributed by atoms with Crippen LogP contribution in [0.1, 0.15) is 39.2 Å². The van der Waals surface area contributed by atoms with E-state index in [0.717, 1.165) is 25.6 Å². The van der Waals surface area contributed by atoms with Gasteiger partial charge in [0.25, 0.3) is 0 Å². The average Bonchev–Trinajstić information content (AvgIpc) is 3.10. The molecule has 3 aromatic rings. The smallest absolute Gasteiger partial charge is 0.360 e. The molecule has 2 fully saturated rings. The number of hydrogen-bond acceptors (Lipinski definition) is 5. The van der Waals surface area contributed by atoms with Gasteiger partial charge in [0.1, 0.15) is 12.7 Å². The second-order valence-electron chi connectivity index (χ2n) is 11.5. The fourth-order valence-corrected chi connectivity index (χ4v) is 7.12. The maximum atomic E-state index is 13.9. The molecule has 3 N–H and O–H groups in total. The summed E-state index contributed by atoms with van der Waals surface area (Å²) in [5.41, 5.74) is 0.180. The number of fused-ring (bicyclic) bond motifs is 1. The van der Waals surface area contributed by atoms with Gasteiger partial charge in [0, 0.05) is 52.7 Å². The molecule has 188 valence electrons. The van der Waals surface area contributed by atoms with E-state index in [0.29, 0.717) is 27.8 Å². The average molecular weight is 506 g/mol. The molecule has 10 heteroatoms. The number of hydrogen-bond donors (Lipinski definition) is 3. The maximum Gasteiger partial charge on any atom is 0.419 e. The highest BCUT2D eigenvalue weighted by molar-refractivity contribution is 7.70. The second kappa shape index (κ2) is 7.81. The van der Waals surface area contributed by atoms with Crippen LogP contribution in [0, 0.1) is 10.8 Å². The van der Waals surface area contributed by atoms with Gasteiger partial charge in [-0.3, -0.25) is 0 Å². The highest BCUT2D eigenvalue weighted by atomic mass is 31.2. The third-order valence-corrected chi connectivity index (χ3v) is 8.93. The molecule has 1 aliphatic carbocycles. The highest BCUT2D eigenvalue weighted by Gasteiger charge is 2.58. The van der Waals surface area contributed by atoms with Crippen LogP contribution in [0.4, 0.5) is 19.1 Å². The van der Waals surface area contributed by atoms with Crippen LogP contribution in [0.15, 0.2) is 30.6 Å². The quantitative estimate of drug-likeness (QED) is 0.410. The number of nitrogens with zero attached hydrogens (tertiary/aromatic N) is 2. The summed E-state index contributed by atoms with van der Waals surface area (Å²) in [6, 6.07) is 5.72. The third-order valence-electron chi connectivity index (χ3n) is 7.40. The molecule has 6 nitrogen and oxygen atoms in total. The number of para-hydroxylation sites is 1. The molecule has 3 heterocycles. The number of H-pyrrole nitrogens is 1. The van der Waals surface area contributed by atoms with Crippen molar-refractivity contribution < 1.29 is 17.7 Å². The predicted molar refractivity (Wildman–Crippen MR) is 134 cm³/mol. The van der Waals surface area contributed by atoms with Gasteiger partial charge in [-0.05, 0) is 37.7 Å². The summed E-state index contributed by atoms with van der Waals surface area (Å²) >= 11 is 0. The molecule has 2 aromatic heterocycles. The fourth-order valence-electron chi connectivity index (χ4n) is 5.95. The largest absolute Gasteiger partial charge is 0.419 e. The van der Waals surface area contributed by atoms with E-state index >= 15 is 0 Å². The van der Waals surface area contributed by atoms with Gasteiger partial charge in [0.15, 0.2) is 0 Å². The van der Waals surface area contributed by atoms with Gasteiger partial charge in [-0.15, -0.1) is 0 Å². The molecule has 1 saturated heterocycles. The second-order valence-corrected chi connectivity index (χ2v) is 14.7. The molecule has 1 unspecified atom stereocenters. The molecular formula is C25H31F3N5OP. The molecule has 2 aliphatic rings. The predicted octanol–water partition coefficient (Wildman–Crippen LogP) is 5.47. The number of anilines is 1. The molecule has 1 atom stereocenters. The summed E-state index contributed by atoms with van der Waals surface area (Å²) in [5, 5.41) is 7.96. The van der Waals surface area contributed by atoms with Gasteiger partial charge in [-0.2, -0.15) is 13.2 Å². The lowest BCUT2D eigenvalue weighted by molar-refractivity contribution is -0.137. The van der Waals surface area contributed by atoms with Crippen LogP contribution in [-0.4, -0.2) is 46.9 Å². The Morgan fingerprint density at radius 3 is 2.46 bits per heavy atom. The van der Waals surface area contributed by atoms with Crippen molar-refractivity contribution in [2.75, 3.05) is 25.2 Å². The molecule has 0 amide bonds. The minimum absolute atomic E-state index is 0.118. The SMILES string of the molecule is CC(C)(C)C1NCC12CC(Nc1ncc(C(F)(F)F)c(-c3c[nH]c4c(P(C)(C)=O)cccc34)n1)C2. The van der Waals surface area contributed by atoms with E-state index in [9.17, 15) is 17.7 Å². The standard InChI is InChI=1S/C25H31F3N5OP/c1-23(2,3)21-24(13-31-21)9-14(10-24)32-22-30-12-17(25(26,27)28)19(33-22)16-11-29-20-15(16)7-6-8-18(20)35(4,5)34/h6-8,11-12,14,21,29,31H,9-10,13H2,1-5H3,(H,30,32,33). The number of halogens is 3. The first-order valence-electron chi connectivity index (χ1n) is 11.8. The highest BCUT2D eigenvalue weighted by Crippen LogP contribution is 2.54. The van der Waals surface area contributed by atoms with Crippen molar-refractivity contribution in [1.82, 2.24) is 20.3 Å². The van der Waals surface area contributed by atoms with E-state index in [1.165, 1.54) is 6.20 Å². The van der Waals surface area contributed by atoms with Gasteiger partial charge in [0.05, 0.1) is 11.2 Å². The van der Waals surface area contributed by atoms with Crippen LogP contribution in [0.3, 0.4) is 0 Å². The zero-order valence-corrected chi connectivity index (χ0v) is 21.4. The Labute approximate surface area is 202 Å². The molecule has 35 heavy (non-hydrogen) atoms. The first kappa shape index (κ1) is 24.3. The zero-order chi connectivity index (χ0) is 25.4. The molecule has 5 rings (SSSR count). The van der Waals surface area contributed by atoms with E-state index in [1.807, 2.05) is 0 Å². The summed E-state index contributed by atoms with van der Waals surface area (Å²) in [7, 11) is -2.64. The number of benzene rings is 1. The van der Waals surface area contributed by atoms with Crippen LogP contribution in [0.5, 0.6) is 0 Å². The number of alkyl halides is 3. The van der Waals surface area contributed by atoms with Crippen molar-refractivity contribution in [1.29, 1.82) is 0 Å². The van der Waals surface area contributed by atoms with Gasteiger partial charge in [0.2, 0.25) is 5.95 Å². The summed E-state index contributed by atoms with van der Waals surface area (Å²) in [6.07, 6.45) is -0.384. The van der Waals surface area contributed by atoms with Crippen molar-refractivity contribution in [2.24, 2.45) is 10.8 Å². The van der Waals surface area contributed by atoms with Crippen LogP contribution < -0.4 is 15.9 Å². The number of nitrogens with one attached hydrogen (secondary N) is 3. The van der Waals surface area contributed by atoms with E-state index < -0.39 is 18.9 Å². The van der Waals surface area contributed by atoms with Crippen molar-refractivity contribution in [3.63, 3.8) is 0 Å². The lowest BCUT2D eigenvalue weighted by atomic mass is 9.52. The van der Waals surface area contributed by atoms with Gasteiger partial charge in [-0.25, -0.2) is 9.97 Å². The maximum absolute atomic E-state index is 13.9. The summed E-state index contributed by atoms with van der Waals surface area (Å²) in [6.45, 7) is 10.9. The Kier molecular flexibility index (Phi) is 5.43. The zero-order valence-electron chi connectivity index (χ0n) is 20.5. The first-order chi connectivity index (χ1) is 16.2. The summed E-state index contributed by atoms with van der Waals surface area (Å²) in [5.74, 6) is 0.189. The van der Waals surface area contributed by atoms with E-state index in [1.54, 1.807) is 31.5 Å². The van der Waals surface area contributed by atoms with E-state index in [2.05, 4.69) is 46.4 Å². The lowest BCUT2D eigenvalue weighted by Crippen LogP contribution is -2.73. The summed E-state index contributed by atoms with van der Waals surface area (Å²) in [4.78, 5) is 11.4. The molecule has 1 aromatic carbocycles. The number of aromatic nitrogens is 3. The van der Waals surface area contributed by atoms with Crippen LogP contribution in [0.25, 0.3) is 22.2 Å². The molecule has 1 aliphatic heterocycles. The number of aromatic amines is 1. The Bertz CT molecular complexity index is 1330. The minimum Gasteiger partial charge on any atom is -0.360 e. The lowest BCUT2D eigenvalue weighted by Gasteiger charge is -2.63. The monoisotopic (exact) mass is 505 g/mol. The molecule has 0 radical (unpaired) electrons. The van der Waals surface area contributed by atoms with Crippen LogP contribution in [-0.2, 0) is 10.7 Å². The Balaban J connectivity index is 1.48. The van der Waals surface area contributed by atoms with Crippen molar-refractivity contribution in [3.8, 4) is 11.3 Å². The van der Waals surface area contributed by atoms with Crippen molar-refractivity contribution in [3.05, 3.63) is 36.2 Å². The van der Waals surface area contributed by atoms with Crippen LogP contribution >= 0.6 is 7.14 Å². The third kappa shape index (κ3) is 4.16. The molecular weight excluding hydrogens is 474 g/mol. The Hall–Kier alpha value is -2.38. The minimum atomic E-state index is -4.61. The van der Waals surface area contributed by atoms with Gasteiger partial charge in [-0.1, -0.05) is 32.9 Å². The summed E-state index contributed by atoms with van der Waals surface area (Å²) < 4.78 is 54.5. The normalized spacial score (nSPS) is 24.9. The molecule has 0 bridgehead atoms.